The van der Waals surface area contributed by atoms with E-state index in [4.69, 9.17) is 4.99 Å². The second kappa shape index (κ2) is 13.9. The molecule has 0 radical (unpaired) electrons. The van der Waals surface area contributed by atoms with Gasteiger partial charge in [-0.3, -0.25) is 4.90 Å². The Bertz CT molecular complexity index is 712. The maximum absolute atomic E-state index is 4.80. The van der Waals surface area contributed by atoms with E-state index in [2.05, 4.69) is 72.5 Å². The third-order valence-corrected chi connectivity index (χ3v) is 5.66. The molecule has 7 heteroatoms. The highest BCUT2D eigenvalue weighted by atomic mass is 127. The van der Waals surface area contributed by atoms with Crippen molar-refractivity contribution < 1.29 is 0 Å². The quantitative estimate of drug-likeness (QED) is 0.280. The lowest BCUT2D eigenvalue weighted by Crippen LogP contribution is -2.36. The third-order valence-electron chi connectivity index (χ3n) is 4.52. The molecule has 0 aliphatic carbocycles. The number of hydrogen-bond acceptors (Lipinski definition) is 4. The SMILES string of the molecule is CCNC(=NCc1ccccc1CN(CC)CC)NCc1ncc(CC)s1.I. The van der Waals surface area contributed by atoms with Crippen LogP contribution in [-0.4, -0.2) is 35.5 Å². The molecule has 5 nitrogen and oxygen atoms in total. The molecule has 28 heavy (non-hydrogen) atoms. The van der Waals surface area contributed by atoms with Gasteiger partial charge in [0.15, 0.2) is 5.96 Å². The van der Waals surface area contributed by atoms with Crippen LogP contribution in [0, 0.1) is 0 Å². The summed E-state index contributed by atoms with van der Waals surface area (Å²) in [5.41, 5.74) is 2.64. The second-order valence-electron chi connectivity index (χ2n) is 6.35. The largest absolute Gasteiger partial charge is 0.357 e. The molecule has 0 unspecified atom stereocenters. The van der Waals surface area contributed by atoms with E-state index in [-0.39, 0.29) is 24.0 Å². The van der Waals surface area contributed by atoms with Crippen molar-refractivity contribution in [3.05, 3.63) is 51.5 Å². The van der Waals surface area contributed by atoms with E-state index in [9.17, 15) is 0 Å². The van der Waals surface area contributed by atoms with Crippen LogP contribution in [0.1, 0.15) is 48.7 Å². The molecule has 156 valence electrons. The molecule has 0 fully saturated rings. The van der Waals surface area contributed by atoms with Gasteiger partial charge in [-0.05, 0) is 37.6 Å². The fraction of sp³-hybridized carbons (Fsp3) is 0.524. The number of benzene rings is 1. The van der Waals surface area contributed by atoms with Gasteiger partial charge in [0.05, 0.1) is 13.1 Å². The highest BCUT2D eigenvalue weighted by Crippen LogP contribution is 2.14. The first-order valence-corrected chi connectivity index (χ1v) is 10.8. The Morgan fingerprint density at radius 3 is 2.39 bits per heavy atom. The number of halogens is 1. The van der Waals surface area contributed by atoms with E-state index in [0.29, 0.717) is 13.1 Å². The first kappa shape index (κ1) is 24.8. The van der Waals surface area contributed by atoms with Crippen molar-refractivity contribution in [1.82, 2.24) is 20.5 Å². The summed E-state index contributed by atoms with van der Waals surface area (Å²) >= 11 is 1.76. The van der Waals surface area contributed by atoms with Gasteiger partial charge < -0.3 is 10.6 Å². The van der Waals surface area contributed by atoms with E-state index in [1.165, 1.54) is 16.0 Å². The topological polar surface area (TPSA) is 52.6 Å². The van der Waals surface area contributed by atoms with E-state index in [1.54, 1.807) is 11.3 Å². The lowest BCUT2D eigenvalue weighted by atomic mass is 10.1. The maximum Gasteiger partial charge on any atom is 0.191 e. The fourth-order valence-electron chi connectivity index (χ4n) is 2.81. The molecule has 0 bridgehead atoms. The highest BCUT2D eigenvalue weighted by molar-refractivity contribution is 14.0. The zero-order chi connectivity index (χ0) is 19.5. The van der Waals surface area contributed by atoms with Gasteiger partial charge in [-0.1, -0.05) is 45.0 Å². The normalized spacial score (nSPS) is 11.4. The Hall–Kier alpha value is -1.19. The summed E-state index contributed by atoms with van der Waals surface area (Å²) in [6, 6.07) is 8.60. The fourth-order valence-corrected chi connectivity index (χ4v) is 3.61. The van der Waals surface area contributed by atoms with Crippen molar-refractivity contribution in [2.24, 2.45) is 4.99 Å². The number of guanidine groups is 1. The first-order chi connectivity index (χ1) is 13.2. The Labute approximate surface area is 191 Å². The van der Waals surface area contributed by atoms with Gasteiger partial charge in [0.2, 0.25) is 0 Å². The number of aryl methyl sites for hydroxylation is 1. The molecule has 0 atom stereocenters. The maximum atomic E-state index is 4.80. The molecule has 0 spiro atoms. The van der Waals surface area contributed by atoms with E-state index >= 15 is 0 Å². The van der Waals surface area contributed by atoms with Crippen LogP contribution in [0.4, 0.5) is 0 Å². The average Bonchev–Trinajstić information content (AvgIpc) is 3.17. The summed E-state index contributed by atoms with van der Waals surface area (Å²) in [7, 11) is 0. The second-order valence-corrected chi connectivity index (χ2v) is 7.55. The Balaban J connectivity index is 0.00000392. The van der Waals surface area contributed by atoms with Crippen LogP contribution in [0.15, 0.2) is 35.5 Å². The molecule has 1 aromatic carbocycles. The molecule has 2 rings (SSSR count). The molecule has 2 N–H and O–H groups in total. The van der Waals surface area contributed by atoms with Gasteiger partial charge in [0.1, 0.15) is 5.01 Å². The Kier molecular flexibility index (Phi) is 12.3. The predicted molar refractivity (Wildman–Crippen MR) is 132 cm³/mol. The smallest absolute Gasteiger partial charge is 0.191 e. The van der Waals surface area contributed by atoms with Gasteiger partial charge >= 0.3 is 0 Å². The summed E-state index contributed by atoms with van der Waals surface area (Å²) in [4.78, 5) is 13.0. The average molecular weight is 516 g/mol. The summed E-state index contributed by atoms with van der Waals surface area (Å²) in [5.74, 6) is 0.836. The van der Waals surface area contributed by atoms with Crippen LogP contribution < -0.4 is 10.6 Å². The molecule has 0 aliphatic heterocycles. The lowest BCUT2D eigenvalue weighted by molar-refractivity contribution is 0.295. The number of nitrogens with one attached hydrogen (secondary N) is 2. The predicted octanol–water partition coefficient (Wildman–Crippen LogP) is 4.42. The Morgan fingerprint density at radius 2 is 1.79 bits per heavy atom. The molecule has 0 saturated heterocycles. The monoisotopic (exact) mass is 515 g/mol. The van der Waals surface area contributed by atoms with Crippen LogP contribution in [0.5, 0.6) is 0 Å². The zero-order valence-corrected chi connectivity index (χ0v) is 20.6. The standard InChI is InChI=1S/C21H33N5S.HI/c1-5-19-14-23-20(27-19)15-25-21(22-6-2)24-13-17-11-9-10-12-18(17)16-26(7-3)8-4;/h9-12,14H,5-8,13,15-16H2,1-4H3,(H2,22,24,25);1H. The van der Waals surface area contributed by atoms with E-state index in [1.807, 2.05) is 6.20 Å². The summed E-state index contributed by atoms with van der Waals surface area (Å²) in [6.45, 7) is 14.0. The van der Waals surface area contributed by atoms with Gasteiger partial charge in [-0.2, -0.15) is 0 Å². The van der Waals surface area contributed by atoms with Gasteiger partial charge in [0.25, 0.3) is 0 Å². The number of thiazole rings is 1. The molecule has 2 aromatic rings. The van der Waals surface area contributed by atoms with Crippen molar-refractivity contribution in [3.8, 4) is 0 Å². The van der Waals surface area contributed by atoms with Crippen molar-refractivity contribution in [1.29, 1.82) is 0 Å². The summed E-state index contributed by atoms with van der Waals surface area (Å²) in [6.07, 6.45) is 3.00. The van der Waals surface area contributed by atoms with Crippen LogP contribution in [0.25, 0.3) is 0 Å². The molecule has 0 amide bonds. The van der Waals surface area contributed by atoms with Crippen LogP contribution in [0.2, 0.25) is 0 Å². The number of rotatable bonds is 10. The Morgan fingerprint density at radius 1 is 1.07 bits per heavy atom. The van der Waals surface area contributed by atoms with E-state index < -0.39 is 0 Å². The van der Waals surface area contributed by atoms with Gasteiger partial charge in [-0.25, -0.2) is 9.98 Å². The molecular formula is C21H34IN5S. The van der Waals surface area contributed by atoms with Crippen LogP contribution in [0.3, 0.4) is 0 Å². The number of aromatic nitrogens is 1. The molecule has 1 heterocycles. The zero-order valence-electron chi connectivity index (χ0n) is 17.5. The third kappa shape index (κ3) is 8.05. The minimum atomic E-state index is 0. The molecule has 1 aromatic heterocycles. The lowest BCUT2D eigenvalue weighted by Gasteiger charge is -2.20. The van der Waals surface area contributed by atoms with Crippen molar-refractivity contribution in [2.75, 3.05) is 19.6 Å². The molecular weight excluding hydrogens is 481 g/mol. The molecule has 0 aliphatic rings. The van der Waals surface area contributed by atoms with Crippen molar-refractivity contribution in [3.63, 3.8) is 0 Å². The van der Waals surface area contributed by atoms with Gasteiger partial charge in [0, 0.05) is 24.2 Å². The van der Waals surface area contributed by atoms with Crippen LogP contribution in [-0.2, 0) is 26.1 Å². The summed E-state index contributed by atoms with van der Waals surface area (Å²) < 4.78 is 0. The van der Waals surface area contributed by atoms with Gasteiger partial charge in [-0.15, -0.1) is 35.3 Å². The van der Waals surface area contributed by atoms with Crippen LogP contribution >= 0.6 is 35.3 Å². The van der Waals surface area contributed by atoms with Crippen molar-refractivity contribution >= 4 is 41.3 Å². The number of aliphatic imine (C=N–C) groups is 1. The first-order valence-electron chi connectivity index (χ1n) is 9.94. The highest BCUT2D eigenvalue weighted by Gasteiger charge is 2.07. The minimum absolute atomic E-state index is 0. The van der Waals surface area contributed by atoms with E-state index in [0.717, 1.165) is 43.6 Å². The van der Waals surface area contributed by atoms with Crippen molar-refractivity contribution in [2.45, 2.75) is 53.8 Å². The number of hydrogen-bond donors (Lipinski definition) is 2. The molecule has 0 saturated carbocycles. The number of nitrogens with zero attached hydrogens (tertiary/aromatic N) is 3. The summed E-state index contributed by atoms with van der Waals surface area (Å²) in [5, 5.41) is 7.83. The minimum Gasteiger partial charge on any atom is -0.357 e.